The van der Waals surface area contributed by atoms with Gasteiger partial charge in [0.25, 0.3) is 0 Å². The molecule has 1 atom stereocenters. The third kappa shape index (κ3) is 3.63. The van der Waals surface area contributed by atoms with Gasteiger partial charge in [-0.15, -0.1) is 0 Å². The van der Waals surface area contributed by atoms with Crippen LogP contribution in [0.3, 0.4) is 0 Å². The van der Waals surface area contributed by atoms with Gasteiger partial charge in [0, 0.05) is 6.04 Å². The fourth-order valence-electron chi connectivity index (χ4n) is 1.37. The van der Waals surface area contributed by atoms with Crippen LogP contribution in [-0.2, 0) is 0 Å². The van der Waals surface area contributed by atoms with Gasteiger partial charge in [-0.3, -0.25) is 0 Å². The number of hydrogen-bond donors (Lipinski definition) is 1. The van der Waals surface area contributed by atoms with Crippen LogP contribution in [0.25, 0.3) is 0 Å². The molecule has 84 valence electrons. The van der Waals surface area contributed by atoms with E-state index in [4.69, 9.17) is 11.6 Å². The van der Waals surface area contributed by atoms with Crippen LogP contribution in [0.1, 0.15) is 33.1 Å². The van der Waals surface area contributed by atoms with Gasteiger partial charge < -0.3 is 5.32 Å². The Kier molecular flexibility index (Phi) is 4.75. The van der Waals surface area contributed by atoms with Gasteiger partial charge in [-0.2, -0.15) is 4.98 Å². The first-order valence-corrected chi connectivity index (χ1v) is 5.49. The molecule has 0 aliphatic rings. The van der Waals surface area contributed by atoms with Crippen molar-refractivity contribution in [1.82, 2.24) is 9.97 Å². The molecule has 0 saturated carbocycles. The molecule has 0 radical (unpaired) electrons. The number of rotatable bonds is 5. The average molecular weight is 232 g/mol. The Morgan fingerprint density at radius 3 is 2.87 bits per heavy atom. The first kappa shape index (κ1) is 12.2. The van der Waals surface area contributed by atoms with Crippen molar-refractivity contribution in [1.29, 1.82) is 0 Å². The smallest absolute Gasteiger partial charge is 0.224 e. The zero-order chi connectivity index (χ0) is 11.3. The van der Waals surface area contributed by atoms with E-state index >= 15 is 0 Å². The third-order valence-corrected chi connectivity index (χ3v) is 2.37. The highest BCUT2D eigenvalue weighted by Crippen LogP contribution is 2.15. The van der Waals surface area contributed by atoms with Gasteiger partial charge in [0.1, 0.15) is 0 Å². The second kappa shape index (κ2) is 5.85. The van der Waals surface area contributed by atoms with E-state index in [1.165, 1.54) is 0 Å². The molecule has 1 aromatic heterocycles. The van der Waals surface area contributed by atoms with Crippen LogP contribution in [-0.4, -0.2) is 16.0 Å². The van der Waals surface area contributed by atoms with Crippen molar-refractivity contribution in [3.05, 3.63) is 17.3 Å². The van der Waals surface area contributed by atoms with Crippen molar-refractivity contribution >= 4 is 17.4 Å². The topological polar surface area (TPSA) is 37.8 Å². The van der Waals surface area contributed by atoms with E-state index in [1.807, 2.05) is 6.92 Å². The van der Waals surface area contributed by atoms with E-state index in [2.05, 4.69) is 22.2 Å². The minimum atomic E-state index is -0.464. The molecule has 1 N–H and O–H groups in total. The highest BCUT2D eigenvalue weighted by Gasteiger charge is 2.10. The molecule has 0 aromatic carbocycles. The highest BCUT2D eigenvalue weighted by atomic mass is 35.5. The maximum atomic E-state index is 13.3. The summed E-state index contributed by atoms with van der Waals surface area (Å²) in [6.07, 6.45) is 4.04. The molecule has 0 saturated heterocycles. The predicted molar refractivity (Wildman–Crippen MR) is 59.6 cm³/mol. The molecule has 5 heteroatoms. The summed E-state index contributed by atoms with van der Waals surface area (Å²) >= 11 is 5.59. The Bertz CT molecular complexity index is 320. The number of aromatic nitrogens is 2. The van der Waals surface area contributed by atoms with E-state index in [0.29, 0.717) is 0 Å². The Hall–Kier alpha value is -0.900. The number of anilines is 1. The maximum Gasteiger partial charge on any atom is 0.224 e. The van der Waals surface area contributed by atoms with E-state index in [0.717, 1.165) is 25.5 Å². The second-order valence-corrected chi connectivity index (χ2v) is 3.71. The Labute approximate surface area is 94.1 Å². The Morgan fingerprint density at radius 2 is 2.27 bits per heavy atom. The minimum Gasteiger partial charge on any atom is -0.365 e. The number of nitrogens with one attached hydrogen (secondary N) is 1. The summed E-state index contributed by atoms with van der Waals surface area (Å²) < 4.78 is 13.3. The van der Waals surface area contributed by atoms with E-state index < -0.39 is 5.82 Å². The average Bonchev–Trinajstić information content (AvgIpc) is 2.22. The lowest BCUT2D eigenvalue weighted by molar-refractivity contribution is 0.588. The molecule has 1 aromatic rings. The number of nitrogens with zero attached hydrogens (tertiary/aromatic N) is 2. The summed E-state index contributed by atoms with van der Waals surface area (Å²) in [5.74, 6) is -0.274. The van der Waals surface area contributed by atoms with Crippen molar-refractivity contribution < 1.29 is 4.39 Å². The summed E-state index contributed by atoms with van der Waals surface area (Å²) in [5.41, 5.74) is 0. The monoisotopic (exact) mass is 231 g/mol. The quantitative estimate of drug-likeness (QED) is 0.791. The fraction of sp³-hybridized carbons (Fsp3) is 0.600. The molecular formula is C10H15ClFN3. The molecular weight excluding hydrogens is 217 g/mol. The van der Waals surface area contributed by atoms with Crippen LogP contribution in [0.5, 0.6) is 0 Å². The summed E-state index contributed by atoms with van der Waals surface area (Å²) in [6, 6.07) is 0.232. The van der Waals surface area contributed by atoms with Crippen molar-refractivity contribution in [2.24, 2.45) is 0 Å². The summed E-state index contributed by atoms with van der Waals surface area (Å²) in [5, 5.41) is 3.09. The van der Waals surface area contributed by atoms with Crippen LogP contribution in [0.4, 0.5) is 10.2 Å². The highest BCUT2D eigenvalue weighted by molar-refractivity contribution is 6.28. The lowest BCUT2D eigenvalue weighted by Gasteiger charge is -2.16. The van der Waals surface area contributed by atoms with Crippen LogP contribution in [0.2, 0.25) is 5.28 Å². The fourth-order valence-corrected chi connectivity index (χ4v) is 1.50. The van der Waals surface area contributed by atoms with E-state index in [1.54, 1.807) is 0 Å². The van der Waals surface area contributed by atoms with Crippen molar-refractivity contribution in [3.63, 3.8) is 0 Å². The summed E-state index contributed by atoms with van der Waals surface area (Å²) in [7, 11) is 0. The predicted octanol–water partition coefficient (Wildman–Crippen LogP) is 3.26. The molecule has 1 unspecified atom stereocenters. The zero-order valence-corrected chi connectivity index (χ0v) is 9.68. The number of halogens is 2. The molecule has 0 spiro atoms. The van der Waals surface area contributed by atoms with Gasteiger partial charge in [0.15, 0.2) is 11.6 Å². The third-order valence-electron chi connectivity index (χ3n) is 2.19. The van der Waals surface area contributed by atoms with Gasteiger partial charge in [-0.25, -0.2) is 9.37 Å². The zero-order valence-electron chi connectivity index (χ0n) is 8.93. The van der Waals surface area contributed by atoms with Gasteiger partial charge in [-0.1, -0.05) is 20.3 Å². The standard InChI is InChI=1S/C10H15ClFN3/c1-3-5-7(4-2)14-9-8(12)6-13-10(11)15-9/h6-7H,3-5H2,1-2H3,(H,13,14,15). The first-order chi connectivity index (χ1) is 7.17. The van der Waals surface area contributed by atoms with Crippen molar-refractivity contribution in [3.8, 4) is 0 Å². The van der Waals surface area contributed by atoms with Gasteiger partial charge in [0.05, 0.1) is 6.20 Å². The molecule has 0 amide bonds. The van der Waals surface area contributed by atoms with Crippen molar-refractivity contribution in [2.75, 3.05) is 5.32 Å². The lowest BCUT2D eigenvalue weighted by Crippen LogP contribution is -2.19. The minimum absolute atomic E-state index is 0.0604. The molecule has 0 aliphatic heterocycles. The molecule has 1 rings (SSSR count). The SMILES string of the molecule is CCCC(CC)Nc1nc(Cl)ncc1F. The Balaban J connectivity index is 2.73. The van der Waals surface area contributed by atoms with Crippen LogP contribution in [0.15, 0.2) is 6.20 Å². The summed E-state index contributed by atoms with van der Waals surface area (Å²) in [6.45, 7) is 4.14. The van der Waals surface area contributed by atoms with Crippen LogP contribution in [0, 0.1) is 5.82 Å². The van der Waals surface area contributed by atoms with E-state index in [-0.39, 0.29) is 17.1 Å². The van der Waals surface area contributed by atoms with Gasteiger partial charge in [-0.05, 0) is 24.4 Å². The van der Waals surface area contributed by atoms with Crippen molar-refractivity contribution in [2.45, 2.75) is 39.2 Å². The van der Waals surface area contributed by atoms with E-state index in [9.17, 15) is 4.39 Å². The van der Waals surface area contributed by atoms with Crippen LogP contribution < -0.4 is 5.32 Å². The van der Waals surface area contributed by atoms with Crippen LogP contribution >= 0.6 is 11.6 Å². The second-order valence-electron chi connectivity index (χ2n) is 3.37. The normalized spacial score (nSPS) is 12.5. The lowest BCUT2D eigenvalue weighted by atomic mass is 10.1. The maximum absolute atomic E-state index is 13.3. The van der Waals surface area contributed by atoms with Gasteiger partial charge >= 0.3 is 0 Å². The number of hydrogen-bond acceptors (Lipinski definition) is 3. The molecule has 15 heavy (non-hydrogen) atoms. The molecule has 0 aliphatic carbocycles. The molecule has 3 nitrogen and oxygen atoms in total. The molecule has 0 bridgehead atoms. The molecule has 1 heterocycles. The Morgan fingerprint density at radius 1 is 1.53 bits per heavy atom. The first-order valence-electron chi connectivity index (χ1n) is 5.12. The molecule has 0 fully saturated rings. The largest absolute Gasteiger partial charge is 0.365 e. The summed E-state index contributed by atoms with van der Waals surface area (Å²) in [4.78, 5) is 7.37. The van der Waals surface area contributed by atoms with Gasteiger partial charge in [0.2, 0.25) is 5.28 Å².